The van der Waals surface area contributed by atoms with Crippen molar-refractivity contribution in [3.63, 3.8) is 0 Å². The fourth-order valence-corrected chi connectivity index (χ4v) is 3.65. The van der Waals surface area contributed by atoms with Crippen molar-refractivity contribution in [2.24, 2.45) is 0 Å². The summed E-state index contributed by atoms with van der Waals surface area (Å²) in [7, 11) is 5.63. The van der Waals surface area contributed by atoms with Gasteiger partial charge in [-0.15, -0.1) is 0 Å². The van der Waals surface area contributed by atoms with Gasteiger partial charge in [0.05, 0.1) is 35.3 Å². The van der Waals surface area contributed by atoms with Crippen LogP contribution < -0.4 is 0 Å². The van der Waals surface area contributed by atoms with Crippen molar-refractivity contribution in [2.45, 2.75) is 32.6 Å². The van der Waals surface area contributed by atoms with Crippen LogP contribution in [0.3, 0.4) is 0 Å². The second-order valence-corrected chi connectivity index (χ2v) is 11.5. The molecule has 1 rings (SSSR count). The zero-order valence-corrected chi connectivity index (χ0v) is 12.3. The summed E-state index contributed by atoms with van der Waals surface area (Å²) in [5.74, 6) is 1.56. The molecule has 0 heterocycles. The molecule has 0 unspecified atom stereocenters. The summed E-state index contributed by atoms with van der Waals surface area (Å²) in [6.45, 7) is 9.61. The number of quaternary nitrogens is 1. The molecular weight excluding hydrogens is 198 g/mol. The van der Waals surface area contributed by atoms with Gasteiger partial charge in [-0.1, -0.05) is 19.6 Å². The van der Waals surface area contributed by atoms with E-state index in [1.54, 1.807) is 11.5 Å². The molecule has 0 bridgehead atoms. The van der Waals surface area contributed by atoms with E-state index in [0.717, 1.165) is 4.48 Å². The minimum Gasteiger partial charge on any atom is -0.328 e. The summed E-state index contributed by atoms with van der Waals surface area (Å²) in [6, 6.07) is 0.585. The second kappa shape index (κ2) is 4.21. The van der Waals surface area contributed by atoms with Crippen LogP contribution in [0.2, 0.25) is 19.6 Å². The standard InChI is InChI=1S/C13H25NSi/c1-11(14(2,3)4)12-9-8-10-13(12)15(5,6)7/h8-11H,1-7H3/q+1/t11-/m1/s1. The number of hydrogen-bond acceptors (Lipinski definition) is 0. The molecule has 0 saturated heterocycles. The van der Waals surface area contributed by atoms with Gasteiger partial charge in [0.25, 0.3) is 0 Å². The fraction of sp³-hybridized carbons (Fsp3) is 0.615. The lowest BCUT2D eigenvalue weighted by molar-refractivity contribution is -0.890. The van der Waals surface area contributed by atoms with Gasteiger partial charge in [-0.25, -0.2) is 0 Å². The van der Waals surface area contributed by atoms with Gasteiger partial charge >= 0.3 is 0 Å². The van der Waals surface area contributed by atoms with E-state index >= 15 is 0 Å². The quantitative estimate of drug-likeness (QED) is 0.510. The zero-order valence-electron chi connectivity index (χ0n) is 11.3. The first kappa shape index (κ1) is 13.2. The molecule has 85 valence electrons. The van der Waals surface area contributed by atoms with Gasteiger partial charge in [0, 0.05) is 5.92 Å². The maximum atomic E-state index is 2.42. The van der Waals surface area contributed by atoms with Gasteiger partial charge in [0.2, 0.25) is 0 Å². The third kappa shape index (κ3) is 3.07. The molecule has 0 amide bonds. The smallest absolute Gasteiger partial charge is 0.0926 e. The Hall–Kier alpha value is 0.177. The van der Waals surface area contributed by atoms with Gasteiger partial charge in [-0.2, -0.15) is 0 Å². The first-order valence-electron chi connectivity index (χ1n) is 5.71. The van der Waals surface area contributed by atoms with Crippen LogP contribution in [0.25, 0.3) is 0 Å². The summed E-state index contributed by atoms with van der Waals surface area (Å²) < 4.78 is 1.00. The van der Waals surface area contributed by atoms with E-state index < -0.39 is 8.07 Å². The van der Waals surface area contributed by atoms with Crippen molar-refractivity contribution in [3.05, 3.63) is 30.7 Å². The normalized spacial score (nSPS) is 23.4. The molecule has 1 aliphatic carbocycles. The highest BCUT2D eigenvalue weighted by Gasteiger charge is 2.44. The van der Waals surface area contributed by atoms with Gasteiger partial charge < -0.3 is 4.48 Å². The Morgan fingerprint density at radius 2 is 1.60 bits per heavy atom. The van der Waals surface area contributed by atoms with Crippen LogP contribution in [0.5, 0.6) is 0 Å². The third-order valence-electron chi connectivity index (χ3n) is 3.27. The molecule has 1 aliphatic rings. The van der Waals surface area contributed by atoms with Gasteiger partial charge in [-0.3, -0.25) is 0 Å². The molecule has 2 heteroatoms. The average Bonchev–Trinajstić information content (AvgIpc) is 2.47. The molecule has 1 nitrogen and oxygen atoms in total. The molecule has 0 aromatic carbocycles. The van der Waals surface area contributed by atoms with Crippen LogP contribution in [0, 0.1) is 30.7 Å². The minimum absolute atomic E-state index is 0.585. The molecule has 0 spiro atoms. The number of nitrogens with zero attached hydrogens (tertiary/aromatic N) is 1. The first-order valence-corrected chi connectivity index (χ1v) is 9.21. The Labute approximate surface area is 97.5 Å². The molecule has 1 saturated carbocycles. The predicted molar refractivity (Wildman–Crippen MR) is 70.2 cm³/mol. The molecule has 5 radical (unpaired) electrons. The molecular formula is C13H25NSi+. The number of hydrogen-bond donors (Lipinski definition) is 0. The SMILES string of the molecule is C[C@H]([C]1[CH][CH][CH][C]1[Si](C)(C)C)[N+](C)(C)C. The second-order valence-electron chi connectivity index (χ2n) is 6.44. The molecule has 1 fully saturated rings. The zero-order chi connectivity index (χ0) is 11.9. The van der Waals surface area contributed by atoms with Crippen LogP contribution in [-0.2, 0) is 0 Å². The van der Waals surface area contributed by atoms with Gasteiger partial charge in [0.15, 0.2) is 0 Å². The maximum Gasteiger partial charge on any atom is 0.0926 e. The summed E-state index contributed by atoms with van der Waals surface area (Å²) in [5, 5.41) is 0. The third-order valence-corrected chi connectivity index (χ3v) is 5.34. The Morgan fingerprint density at radius 3 is 2.00 bits per heavy atom. The topological polar surface area (TPSA) is 0 Å². The lowest BCUT2D eigenvalue weighted by atomic mass is 9.97. The van der Waals surface area contributed by atoms with E-state index in [9.17, 15) is 0 Å². The summed E-state index contributed by atoms with van der Waals surface area (Å²) in [5.41, 5.74) is 1.63. The molecule has 0 aromatic heterocycles. The summed E-state index contributed by atoms with van der Waals surface area (Å²) in [4.78, 5) is 0. The highest BCUT2D eigenvalue weighted by atomic mass is 28.3. The molecule has 0 aromatic rings. The Morgan fingerprint density at radius 1 is 1.07 bits per heavy atom. The number of rotatable bonds is 3. The van der Waals surface area contributed by atoms with Crippen molar-refractivity contribution in [3.8, 4) is 0 Å². The van der Waals surface area contributed by atoms with Crippen molar-refractivity contribution in [2.75, 3.05) is 21.1 Å². The van der Waals surface area contributed by atoms with Crippen molar-refractivity contribution < 1.29 is 4.48 Å². The largest absolute Gasteiger partial charge is 0.328 e. The highest BCUT2D eigenvalue weighted by molar-refractivity contribution is 6.82. The van der Waals surface area contributed by atoms with E-state index in [0.29, 0.717) is 6.04 Å². The van der Waals surface area contributed by atoms with E-state index in [1.807, 2.05) is 0 Å². The first-order chi connectivity index (χ1) is 6.64. The molecule has 15 heavy (non-hydrogen) atoms. The van der Waals surface area contributed by atoms with Gasteiger partial charge in [-0.05, 0) is 31.7 Å². The van der Waals surface area contributed by atoms with Crippen molar-refractivity contribution >= 4 is 8.07 Å². The van der Waals surface area contributed by atoms with Crippen LogP contribution in [0.1, 0.15) is 6.92 Å². The minimum atomic E-state index is -1.18. The molecule has 0 N–H and O–H groups in total. The fourth-order valence-electron chi connectivity index (χ4n) is 1.90. The predicted octanol–water partition coefficient (Wildman–Crippen LogP) is 2.73. The van der Waals surface area contributed by atoms with Crippen molar-refractivity contribution in [1.29, 1.82) is 0 Å². The van der Waals surface area contributed by atoms with Crippen LogP contribution in [0.4, 0.5) is 0 Å². The highest BCUT2D eigenvalue weighted by Crippen LogP contribution is 2.43. The van der Waals surface area contributed by atoms with E-state index in [4.69, 9.17) is 0 Å². The lowest BCUT2D eigenvalue weighted by Gasteiger charge is -2.40. The van der Waals surface area contributed by atoms with E-state index in [1.165, 1.54) is 0 Å². The molecule has 0 aliphatic heterocycles. The monoisotopic (exact) mass is 223 g/mol. The van der Waals surface area contributed by atoms with Crippen LogP contribution in [-0.4, -0.2) is 39.7 Å². The van der Waals surface area contributed by atoms with Crippen LogP contribution >= 0.6 is 0 Å². The van der Waals surface area contributed by atoms with E-state index in [2.05, 4.69) is 67.0 Å². The van der Waals surface area contributed by atoms with Crippen molar-refractivity contribution in [1.82, 2.24) is 0 Å². The van der Waals surface area contributed by atoms with Crippen LogP contribution in [0.15, 0.2) is 0 Å². The average molecular weight is 223 g/mol. The molecule has 1 atom stereocenters. The van der Waals surface area contributed by atoms with Gasteiger partial charge in [0.1, 0.15) is 0 Å². The lowest BCUT2D eigenvalue weighted by Crippen LogP contribution is -2.50. The Kier molecular flexibility index (Phi) is 3.72. The summed E-state index contributed by atoms with van der Waals surface area (Å²) in [6.07, 6.45) is 6.85. The Balaban J connectivity index is 2.77. The summed E-state index contributed by atoms with van der Waals surface area (Å²) >= 11 is 0. The Bertz CT molecular complexity index is 212. The van der Waals surface area contributed by atoms with E-state index in [-0.39, 0.29) is 0 Å². The maximum absolute atomic E-state index is 2.42.